The number of carbonyl (C=O) groups excluding carboxylic acids is 1. The van der Waals surface area contributed by atoms with E-state index >= 15 is 0 Å². The smallest absolute Gasteiger partial charge is 0.270 e. The van der Waals surface area contributed by atoms with Gasteiger partial charge in [0.15, 0.2) is 11.5 Å². The van der Waals surface area contributed by atoms with Crippen LogP contribution in [0.5, 0.6) is 11.5 Å². The van der Waals surface area contributed by atoms with Gasteiger partial charge >= 0.3 is 0 Å². The average Bonchev–Trinajstić information content (AvgIpc) is 3.53. The van der Waals surface area contributed by atoms with Crippen LogP contribution in [0.4, 0.5) is 0 Å². The van der Waals surface area contributed by atoms with Gasteiger partial charge in [0.2, 0.25) is 0 Å². The number of hydrogen-bond donors (Lipinski definition) is 1. The van der Waals surface area contributed by atoms with Gasteiger partial charge in [-0.05, 0) is 48.1 Å². The molecule has 0 spiro atoms. The van der Waals surface area contributed by atoms with Crippen molar-refractivity contribution < 1.29 is 14.3 Å². The highest BCUT2D eigenvalue weighted by Crippen LogP contribution is 2.43. The lowest BCUT2D eigenvalue weighted by atomic mass is 9.78. The number of aryl methyl sites for hydroxylation is 1. The summed E-state index contributed by atoms with van der Waals surface area (Å²) in [6, 6.07) is 14.7. The van der Waals surface area contributed by atoms with Crippen LogP contribution < -0.4 is 14.8 Å². The molecule has 5 nitrogen and oxygen atoms in total. The van der Waals surface area contributed by atoms with Crippen LogP contribution in [0.25, 0.3) is 0 Å². The molecule has 0 unspecified atom stereocenters. The molecule has 4 rings (SSSR count). The van der Waals surface area contributed by atoms with Gasteiger partial charge in [-0.15, -0.1) is 11.3 Å². The molecule has 0 atom stereocenters. The Bertz CT molecular complexity index is 1100. The minimum atomic E-state index is -0.105. The minimum Gasteiger partial charge on any atom is -0.493 e. The third-order valence-electron chi connectivity index (χ3n) is 6.68. The molecule has 1 N–H and O–H groups in total. The molecule has 1 heterocycles. The highest BCUT2D eigenvalue weighted by molar-refractivity contribution is 7.09. The lowest BCUT2D eigenvalue weighted by molar-refractivity contribution is 0.0938. The molecule has 33 heavy (non-hydrogen) atoms. The largest absolute Gasteiger partial charge is 0.493 e. The van der Waals surface area contributed by atoms with Crippen molar-refractivity contribution in [1.82, 2.24) is 10.3 Å². The molecule has 1 aliphatic carbocycles. The molecule has 3 aromatic rings. The van der Waals surface area contributed by atoms with Gasteiger partial charge in [-0.3, -0.25) is 4.79 Å². The molecular weight excluding hydrogens is 432 g/mol. The van der Waals surface area contributed by atoms with Crippen molar-refractivity contribution in [2.24, 2.45) is 0 Å². The second-order valence-corrected chi connectivity index (χ2v) is 9.66. The number of ether oxygens (including phenoxy) is 2. The number of hydrogen-bond acceptors (Lipinski definition) is 5. The van der Waals surface area contributed by atoms with E-state index in [1.807, 2.05) is 11.4 Å². The maximum Gasteiger partial charge on any atom is 0.270 e. The molecule has 1 aromatic heterocycles. The van der Waals surface area contributed by atoms with Gasteiger partial charge in [0.25, 0.3) is 5.91 Å². The van der Waals surface area contributed by atoms with Crippen LogP contribution in [0.15, 0.2) is 47.8 Å². The summed E-state index contributed by atoms with van der Waals surface area (Å²) in [5, 5.41) is 6.00. The third kappa shape index (κ3) is 5.22. The van der Waals surface area contributed by atoms with E-state index in [-0.39, 0.29) is 11.3 Å². The number of rotatable bonds is 9. The van der Waals surface area contributed by atoms with E-state index in [2.05, 4.69) is 53.6 Å². The molecule has 174 valence electrons. The lowest BCUT2D eigenvalue weighted by Crippen LogP contribution is -2.39. The molecule has 6 heteroatoms. The van der Waals surface area contributed by atoms with Crippen LogP contribution in [0.2, 0.25) is 0 Å². The molecule has 1 aliphatic rings. The number of carbonyl (C=O) groups is 1. The molecule has 0 bridgehead atoms. The van der Waals surface area contributed by atoms with Crippen molar-refractivity contribution in [1.29, 1.82) is 0 Å². The maximum absolute atomic E-state index is 13.0. The number of methoxy groups -OCH3 is 2. The summed E-state index contributed by atoms with van der Waals surface area (Å²) in [4.78, 5) is 17.6. The van der Waals surface area contributed by atoms with Crippen molar-refractivity contribution in [2.45, 2.75) is 50.9 Å². The summed E-state index contributed by atoms with van der Waals surface area (Å²) in [7, 11) is 3.30. The van der Waals surface area contributed by atoms with Crippen LogP contribution in [0.3, 0.4) is 0 Å². The fourth-order valence-corrected chi connectivity index (χ4v) is 5.56. The van der Waals surface area contributed by atoms with Crippen molar-refractivity contribution >= 4 is 17.2 Å². The first-order valence-corrected chi connectivity index (χ1v) is 12.5. The number of nitrogens with one attached hydrogen (secondary N) is 1. The van der Waals surface area contributed by atoms with Crippen LogP contribution in [-0.4, -0.2) is 31.7 Å². The van der Waals surface area contributed by atoms with Crippen molar-refractivity contribution in [3.05, 3.63) is 75.2 Å². The summed E-state index contributed by atoms with van der Waals surface area (Å²) < 4.78 is 10.9. The summed E-state index contributed by atoms with van der Waals surface area (Å²) in [6.45, 7) is 2.75. The fourth-order valence-electron chi connectivity index (χ4n) is 4.76. The van der Waals surface area contributed by atoms with Gasteiger partial charge in [-0.2, -0.15) is 0 Å². The Morgan fingerprint density at radius 1 is 1.06 bits per heavy atom. The zero-order valence-corrected chi connectivity index (χ0v) is 20.5. The predicted octanol–water partition coefficient (Wildman–Crippen LogP) is 5.56. The zero-order valence-electron chi connectivity index (χ0n) is 19.6. The van der Waals surface area contributed by atoms with E-state index in [9.17, 15) is 4.79 Å². The molecule has 1 fully saturated rings. The SMILES string of the molecule is CCc1cccc(Cc2nc(C(=O)NCC3(c4ccc(OC)c(OC)c4)CCCC3)cs2)c1. The van der Waals surface area contributed by atoms with Gasteiger partial charge in [0.1, 0.15) is 5.69 Å². The third-order valence-corrected chi connectivity index (χ3v) is 7.53. The lowest BCUT2D eigenvalue weighted by Gasteiger charge is -2.30. The maximum atomic E-state index is 13.0. The van der Waals surface area contributed by atoms with Crippen LogP contribution in [-0.2, 0) is 18.3 Å². The number of benzene rings is 2. The van der Waals surface area contributed by atoms with E-state index in [4.69, 9.17) is 9.47 Å². The Balaban J connectivity index is 1.45. The van der Waals surface area contributed by atoms with Crippen molar-refractivity contribution in [3.8, 4) is 11.5 Å². The van der Waals surface area contributed by atoms with Gasteiger partial charge in [-0.1, -0.05) is 50.1 Å². The van der Waals surface area contributed by atoms with Crippen LogP contribution in [0.1, 0.15) is 64.8 Å². The number of thiazole rings is 1. The second kappa shape index (κ2) is 10.4. The topological polar surface area (TPSA) is 60.5 Å². The van der Waals surface area contributed by atoms with E-state index in [1.165, 1.54) is 16.7 Å². The van der Waals surface area contributed by atoms with E-state index < -0.39 is 0 Å². The van der Waals surface area contributed by atoms with Gasteiger partial charge in [0.05, 0.1) is 19.2 Å². The quantitative estimate of drug-likeness (QED) is 0.451. The molecule has 0 saturated heterocycles. The van der Waals surface area contributed by atoms with E-state index in [0.717, 1.165) is 55.0 Å². The first-order valence-electron chi connectivity index (χ1n) is 11.6. The summed E-state index contributed by atoms with van der Waals surface area (Å²) in [5.41, 5.74) is 4.15. The van der Waals surface area contributed by atoms with Crippen LogP contribution in [0, 0.1) is 0 Å². The summed E-state index contributed by atoms with van der Waals surface area (Å²) >= 11 is 1.55. The molecule has 0 radical (unpaired) electrons. The highest BCUT2D eigenvalue weighted by atomic mass is 32.1. The first-order chi connectivity index (χ1) is 16.1. The predicted molar refractivity (Wildman–Crippen MR) is 133 cm³/mol. The Kier molecular flexibility index (Phi) is 7.33. The van der Waals surface area contributed by atoms with E-state index in [1.54, 1.807) is 25.6 Å². The normalized spacial score (nSPS) is 14.8. The molecule has 1 saturated carbocycles. The second-order valence-electron chi connectivity index (χ2n) is 8.72. The standard InChI is InChI=1S/C27H32N2O3S/c1-4-19-8-7-9-20(14-19)15-25-29-22(17-33-25)26(30)28-18-27(12-5-6-13-27)21-10-11-23(31-2)24(16-21)32-3/h7-11,14,16-17H,4-6,12-13,15,18H2,1-3H3,(H,28,30). The molecular formula is C27H32N2O3S. The average molecular weight is 465 g/mol. The minimum absolute atomic E-state index is 0.0886. The summed E-state index contributed by atoms with van der Waals surface area (Å²) in [6.07, 6.45) is 6.16. The molecule has 2 aromatic carbocycles. The monoisotopic (exact) mass is 464 g/mol. The number of aromatic nitrogens is 1. The number of amides is 1. The zero-order chi connectivity index (χ0) is 23.3. The Hall–Kier alpha value is -2.86. The Morgan fingerprint density at radius 2 is 1.82 bits per heavy atom. The van der Waals surface area contributed by atoms with Crippen molar-refractivity contribution in [3.63, 3.8) is 0 Å². The summed E-state index contributed by atoms with van der Waals surface area (Å²) in [5.74, 6) is 1.34. The van der Waals surface area contributed by atoms with E-state index in [0.29, 0.717) is 12.2 Å². The first kappa shape index (κ1) is 23.3. The highest BCUT2D eigenvalue weighted by Gasteiger charge is 2.36. The van der Waals surface area contributed by atoms with Gasteiger partial charge in [-0.25, -0.2) is 4.98 Å². The van der Waals surface area contributed by atoms with Gasteiger partial charge in [0, 0.05) is 23.8 Å². The Labute approximate surface area is 200 Å². The Morgan fingerprint density at radius 3 is 2.55 bits per heavy atom. The van der Waals surface area contributed by atoms with Crippen LogP contribution >= 0.6 is 11.3 Å². The van der Waals surface area contributed by atoms with Crippen molar-refractivity contribution in [2.75, 3.05) is 20.8 Å². The number of nitrogens with zero attached hydrogens (tertiary/aromatic N) is 1. The molecule has 1 amide bonds. The molecule has 0 aliphatic heterocycles. The van der Waals surface area contributed by atoms with Gasteiger partial charge < -0.3 is 14.8 Å². The fraction of sp³-hybridized carbons (Fsp3) is 0.407.